The lowest BCUT2D eigenvalue weighted by Gasteiger charge is -2.24. The summed E-state index contributed by atoms with van der Waals surface area (Å²) in [5.41, 5.74) is -0.647. The standard InChI is InChI=1S/C20H30N2O4S2/c1-14(2)8-10-20(3,26)9-4-5-15-6-7-17(23)22(15)11-12-27-19-21-16(13-28-19)18(24)25/h4-5,13-15,26H,6-12H2,1-3H3,(H,24,25)/t15-,20+/m0/s1. The second-order valence-corrected chi connectivity index (χ2v) is 10.1. The van der Waals surface area contributed by atoms with Gasteiger partial charge in [0.05, 0.1) is 11.6 Å². The first-order valence-corrected chi connectivity index (χ1v) is 11.5. The molecule has 0 spiro atoms. The van der Waals surface area contributed by atoms with E-state index in [1.54, 1.807) is 0 Å². The fraction of sp³-hybridized carbons (Fsp3) is 0.650. The molecule has 0 saturated carbocycles. The Bertz CT molecular complexity index is 700. The molecule has 1 fully saturated rings. The van der Waals surface area contributed by atoms with E-state index in [9.17, 15) is 14.7 Å². The van der Waals surface area contributed by atoms with Gasteiger partial charge in [0, 0.05) is 24.1 Å². The first-order valence-electron chi connectivity index (χ1n) is 9.68. The number of aliphatic hydroxyl groups is 1. The summed E-state index contributed by atoms with van der Waals surface area (Å²) < 4.78 is 0.706. The molecule has 6 nitrogen and oxygen atoms in total. The van der Waals surface area contributed by atoms with Gasteiger partial charge < -0.3 is 15.1 Å². The van der Waals surface area contributed by atoms with Crippen molar-refractivity contribution >= 4 is 35.0 Å². The molecule has 156 valence electrons. The van der Waals surface area contributed by atoms with Crippen LogP contribution in [-0.2, 0) is 4.79 Å². The second kappa shape index (κ2) is 10.4. The minimum absolute atomic E-state index is 0.0649. The average Bonchev–Trinajstić information content (AvgIpc) is 3.22. The Morgan fingerprint density at radius 3 is 2.93 bits per heavy atom. The van der Waals surface area contributed by atoms with Crippen molar-refractivity contribution in [3.63, 3.8) is 0 Å². The Labute approximate surface area is 175 Å². The third-order valence-electron chi connectivity index (χ3n) is 4.81. The predicted octanol–water partition coefficient (Wildman–Crippen LogP) is 4.06. The highest BCUT2D eigenvalue weighted by Gasteiger charge is 2.29. The van der Waals surface area contributed by atoms with Crippen LogP contribution in [0.2, 0.25) is 0 Å². The first kappa shape index (κ1) is 22.9. The van der Waals surface area contributed by atoms with E-state index in [0.29, 0.717) is 35.4 Å². The molecule has 28 heavy (non-hydrogen) atoms. The van der Waals surface area contributed by atoms with E-state index in [4.69, 9.17) is 5.11 Å². The molecule has 1 aliphatic rings. The number of nitrogens with zero attached hydrogens (tertiary/aromatic N) is 2. The zero-order chi connectivity index (χ0) is 20.7. The van der Waals surface area contributed by atoms with Crippen LogP contribution in [0.4, 0.5) is 0 Å². The number of aromatic carboxylic acids is 1. The maximum Gasteiger partial charge on any atom is 0.355 e. The van der Waals surface area contributed by atoms with Gasteiger partial charge in [-0.05, 0) is 38.5 Å². The van der Waals surface area contributed by atoms with E-state index in [1.165, 1.54) is 28.5 Å². The van der Waals surface area contributed by atoms with Crippen molar-refractivity contribution in [2.24, 2.45) is 5.92 Å². The molecule has 0 aliphatic carbocycles. The molecule has 1 saturated heterocycles. The van der Waals surface area contributed by atoms with Gasteiger partial charge >= 0.3 is 5.97 Å². The Balaban J connectivity index is 1.82. The van der Waals surface area contributed by atoms with Gasteiger partial charge in [0.2, 0.25) is 5.91 Å². The lowest BCUT2D eigenvalue weighted by molar-refractivity contribution is -0.128. The number of rotatable bonds is 11. The average molecular weight is 427 g/mol. The predicted molar refractivity (Wildman–Crippen MR) is 113 cm³/mol. The van der Waals surface area contributed by atoms with Crippen LogP contribution in [0.15, 0.2) is 21.9 Å². The molecule has 1 amide bonds. The van der Waals surface area contributed by atoms with E-state index in [1.807, 2.05) is 24.0 Å². The van der Waals surface area contributed by atoms with Crippen molar-refractivity contribution in [1.82, 2.24) is 9.88 Å². The van der Waals surface area contributed by atoms with Crippen molar-refractivity contribution < 1.29 is 19.8 Å². The Kier molecular flexibility index (Phi) is 8.52. The molecule has 0 aromatic carbocycles. The summed E-state index contributed by atoms with van der Waals surface area (Å²) in [6.07, 6.45) is 7.75. The van der Waals surface area contributed by atoms with E-state index >= 15 is 0 Å². The Morgan fingerprint density at radius 1 is 1.54 bits per heavy atom. The van der Waals surface area contributed by atoms with Gasteiger partial charge in [-0.2, -0.15) is 0 Å². The van der Waals surface area contributed by atoms with Crippen LogP contribution in [0.25, 0.3) is 0 Å². The number of aromatic nitrogens is 1. The summed E-state index contributed by atoms with van der Waals surface area (Å²) in [6.45, 7) is 6.78. The van der Waals surface area contributed by atoms with Crippen LogP contribution in [-0.4, -0.2) is 55.9 Å². The minimum atomic E-state index is -1.02. The topological polar surface area (TPSA) is 90.7 Å². The van der Waals surface area contributed by atoms with Crippen LogP contribution >= 0.6 is 23.1 Å². The number of hydrogen-bond donors (Lipinski definition) is 2. The van der Waals surface area contributed by atoms with Crippen molar-refractivity contribution in [2.75, 3.05) is 12.3 Å². The minimum Gasteiger partial charge on any atom is -0.476 e. The molecule has 1 aliphatic heterocycles. The highest BCUT2D eigenvalue weighted by Crippen LogP contribution is 2.26. The molecule has 0 radical (unpaired) electrons. The van der Waals surface area contributed by atoms with Crippen LogP contribution in [0.3, 0.4) is 0 Å². The van der Waals surface area contributed by atoms with Gasteiger partial charge in [0.25, 0.3) is 0 Å². The first-order chi connectivity index (χ1) is 13.2. The van der Waals surface area contributed by atoms with Crippen LogP contribution < -0.4 is 0 Å². The molecule has 1 aromatic heterocycles. The highest BCUT2D eigenvalue weighted by molar-refractivity contribution is 8.01. The molecule has 2 N–H and O–H groups in total. The number of amides is 1. The van der Waals surface area contributed by atoms with Crippen molar-refractivity contribution in [2.45, 2.75) is 68.9 Å². The third-order valence-corrected chi connectivity index (χ3v) is 6.81. The van der Waals surface area contributed by atoms with Gasteiger partial charge in [-0.1, -0.05) is 37.8 Å². The van der Waals surface area contributed by atoms with E-state index < -0.39 is 11.6 Å². The molecule has 2 heterocycles. The van der Waals surface area contributed by atoms with E-state index in [2.05, 4.69) is 18.8 Å². The number of carbonyl (C=O) groups excluding carboxylic acids is 1. The second-order valence-electron chi connectivity index (χ2n) is 7.91. The van der Waals surface area contributed by atoms with Gasteiger partial charge in [-0.3, -0.25) is 4.79 Å². The highest BCUT2D eigenvalue weighted by atomic mass is 32.2. The molecule has 2 atom stereocenters. The number of thiazole rings is 1. The number of carbonyl (C=O) groups is 2. The van der Waals surface area contributed by atoms with Crippen molar-refractivity contribution in [3.05, 3.63) is 23.2 Å². The summed E-state index contributed by atoms with van der Waals surface area (Å²) in [7, 11) is 0. The molecule has 2 rings (SSSR count). The normalized spacial score (nSPS) is 19.7. The third kappa shape index (κ3) is 7.22. The fourth-order valence-electron chi connectivity index (χ4n) is 3.08. The number of carboxylic acids is 1. The number of hydrogen-bond acceptors (Lipinski definition) is 6. The van der Waals surface area contributed by atoms with Crippen LogP contribution in [0, 0.1) is 5.92 Å². The molecule has 1 aromatic rings. The zero-order valence-corrected chi connectivity index (χ0v) is 18.4. The molecule has 0 unspecified atom stereocenters. The van der Waals surface area contributed by atoms with Crippen molar-refractivity contribution in [1.29, 1.82) is 0 Å². The fourth-order valence-corrected chi connectivity index (χ4v) is 4.89. The zero-order valence-electron chi connectivity index (χ0n) is 16.8. The molecular weight excluding hydrogens is 396 g/mol. The Morgan fingerprint density at radius 2 is 2.29 bits per heavy atom. The summed E-state index contributed by atoms with van der Waals surface area (Å²) in [4.78, 5) is 29.0. The van der Waals surface area contributed by atoms with Crippen LogP contribution in [0.5, 0.6) is 0 Å². The summed E-state index contributed by atoms with van der Waals surface area (Å²) in [5, 5.41) is 20.9. The summed E-state index contributed by atoms with van der Waals surface area (Å²) in [6, 6.07) is 0.0693. The van der Waals surface area contributed by atoms with Gasteiger partial charge in [-0.25, -0.2) is 9.78 Å². The lowest BCUT2D eigenvalue weighted by atomic mass is 9.92. The lowest BCUT2D eigenvalue weighted by Crippen LogP contribution is -2.33. The maximum atomic E-state index is 12.2. The van der Waals surface area contributed by atoms with E-state index in [0.717, 1.165) is 19.3 Å². The van der Waals surface area contributed by atoms with Gasteiger partial charge in [-0.15, -0.1) is 11.3 Å². The number of carboxylic acid groups (broad SMARTS) is 1. The number of thioether (sulfide) groups is 1. The van der Waals surface area contributed by atoms with Crippen LogP contribution in [0.1, 0.15) is 63.4 Å². The summed E-state index contributed by atoms with van der Waals surface area (Å²) >= 11 is 2.78. The quantitative estimate of drug-likeness (QED) is 0.410. The largest absolute Gasteiger partial charge is 0.476 e. The molecule has 8 heteroatoms. The van der Waals surface area contributed by atoms with E-state index in [-0.39, 0.29) is 17.6 Å². The summed E-state index contributed by atoms with van der Waals surface area (Å²) in [5.74, 6) is 0.370. The SMILES string of the molecule is CC(C)CC[C@](C)(O)CC=C[C@H]1CCC(=O)N1CCSc1nc(C(=O)O)cs1. The molecule has 0 bridgehead atoms. The molecular formula is C20H30N2O4S2. The number of likely N-dealkylation sites (tertiary alicyclic amines) is 1. The van der Waals surface area contributed by atoms with Gasteiger partial charge in [0.1, 0.15) is 0 Å². The maximum absolute atomic E-state index is 12.2. The Hall–Kier alpha value is -1.38. The smallest absolute Gasteiger partial charge is 0.355 e. The van der Waals surface area contributed by atoms with Crippen molar-refractivity contribution in [3.8, 4) is 0 Å². The van der Waals surface area contributed by atoms with Gasteiger partial charge in [0.15, 0.2) is 10.0 Å². The monoisotopic (exact) mass is 426 g/mol.